The van der Waals surface area contributed by atoms with Crippen LogP contribution in [0.15, 0.2) is 77.7 Å². The van der Waals surface area contributed by atoms with Gasteiger partial charge in [-0.3, -0.25) is 9.10 Å². The van der Waals surface area contributed by atoms with Crippen molar-refractivity contribution in [1.82, 2.24) is 0 Å². The van der Waals surface area contributed by atoms with Crippen LogP contribution in [-0.2, 0) is 21.2 Å². The molecule has 0 aromatic heterocycles. The maximum Gasteiger partial charge on any atom is 0.264 e. The largest absolute Gasteiger partial charge is 0.324 e. The van der Waals surface area contributed by atoms with Gasteiger partial charge in [-0.15, -0.1) is 0 Å². The highest BCUT2D eigenvalue weighted by atomic mass is 32.2. The van der Waals surface area contributed by atoms with E-state index in [0.717, 1.165) is 16.7 Å². The van der Waals surface area contributed by atoms with Crippen molar-refractivity contribution in [2.75, 3.05) is 16.2 Å². The summed E-state index contributed by atoms with van der Waals surface area (Å²) in [5.74, 6) is -0.167. The number of aryl methyl sites for hydroxylation is 2. The van der Waals surface area contributed by atoms with E-state index in [9.17, 15) is 13.2 Å². The Kier molecular flexibility index (Phi) is 7.36. The fourth-order valence-electron chi connectivity index (χ4n) is 3.62. The molecule has 3 aromatic carbocycles. The molecule has 0 bridgehead atoms. The monoisotopic (exact) mass is 450 g/mol. The lowest BCUT2D eigenvalue weighted by Crippen LogP contribution is -2.38. The van der Waals surface area contributed by atoms with Crippen molar-refractivity contribution >= 4 is 27.3 Å². The zero-order chi connectivity index (χ0) is 23.3. The van der Waals surface area contributed by atoms with Crippen molar-refractivity contribution in [3.05, 3.63) is 89.5 Å². The molecule has 0 heterocycles. The Balaban J connectivity index is 2.00. The first-order chi connectivity index (χ1) is 15.2. The molecule has 0 spiro atoms. The summed E-state index contributed by atoms with van der Waals surface area (Å²) in [6, 6.07) is 21.6. The Hall–Kier alpha value is -3.12. The average Bonchev–Trinajstić information content (AvgIpc) is 2.78. The molecule has 0 unspecified atom stereocenters. The van der Waals surface area contributed by atoms with E-state index in [4.69, 9.17) is 0 Å². The zero-order valence-electron chi connectivity index (χ0n) is 19.0. The summed E-state index contributed by atoms with van der Waals surface area (Å²) in [4.78, 5) is 13.2. The number of amides is 1. The van der Waals surface area contributed by atoms with Gasteiger partial charge in [-0.25, -0.2) is 8.42 Å². The minimum absolute atomic E-state index is 0.157. The molecule has 0 saturated carbocycles. The number of rotatable bonds is 8. The van der Waals surface area contributed by atoms with Gasteiger partial charge in [0.15, 0.2) is 0 Å². The van der Waals surface area contributed by atoms with Gasteiger partial charge in [-0.05, 0) is 54.7 Å². The van der Waals surface area contributed by atoms with Gasteiger partial charge in [0.05, 0.1) is 10.6 Å². The predicted octanol–water partition coefficient (Wildman–Crippen LogP) is 5.51. The molecule has 0 saturated heterocycles. The zero-order valence-corrected chi connectivity index (χ0v) is 19.8. The predicted molar refractivity (Wildman–Crippen MR) is 131 cm³/mol. The van der Waals surface area contributed by atoms with Gasteiger partial charge in [0.2, 0.25) is 5.91 Å². The van der Waals surface area contributed by atoms with Crippen LogP contribution in [0, 0.1) is 6.92 Å². The smallest absolute Gasteiger partial charge is 0.264 e. The van der Waals surface area contributed by atoms with Gasteiger partial charge in [-0.1, -0.05) is 74.9 Å². The van der Waals surface area contributed by atoms with Gasteiger partial charge < -0.3 is 5.32 Å². The van der Waals surface area contributed by atoms with Crippen LogP contribution in [0.25, 0.3) is 0 Å². The second-order valence-electron chi connectivity index (χ2n) is 8.10. The minimum atomic E-state index is -3.94. The molecule has 0 aliphatic heterocycles. The maximum absolute atomic E-state index is 13.6. The quantitative estimate of drug-likeness (QED) is 0.492. The third-order valence-corrected chi connectivity index (χ3v) is 7.17. The van der Waals surface area contributed by atoms with Crippen molar-refractivity contribution in [3.63, 3.8) is 0 Å². The summed E-state index contributed by atoms with van der Waals surface area (Å²) in [5.41, 5.74) is 4.04. The molecule has 0 fully saturated rings. The highest BCUT2D eigenvalue weighted by Crippen LogP contribution is 2.28. The number of anilines is 2. The second kappa shape index (κ2) is 10.0. The number of hydrogen-bond acceptors (Lipinski definition) is 3. The van der Waals surface area contributed by atoms with Crippen LogP contribution in [0.2, 0.25) is 0 Å². The Labute approximate surface area is 191 Å². The van der Waals surface area contributed by atoms with Gasteiger partial charge in [0.1, 0.15) is 6.54 Å². The van der Waals surface area contributed by atoms with Gasteiger partial charge in [-0.2, -0.15) is 0 Å². The van der Waals surface area contributed by atoms with Crippen LogP contribution < -0.4 is 9.62 Å². The number of benzene rings is 3. The third-order valence-electron chi connectivity index (χ3n) is 5.39. The maximum atomic E-state index is 13.6. The number of carbonyl (C=O) groups is 1. The number of nitrogens with zero attached hydrogens (tertiary/aromatic N) is 1. The minimum Gasteiger partial charge on any atom is -0.324 e. The summed E-state index contributed by atoms with van der Waals surface area (Å²) in [6.07, 6.45) is 0.647. The van der Waals surface area contributed by atoms with E-state index in [1.165, 1.54) is 4.31 Å². The summed E-state index contributed by atoms with van der Waals surface area (Å²) < 4.78 is 28.5. The van der Waals surface area contributed by atoms with E-state index in [-0.39, 0.29) is 23.3 Å². The third kappa shape index (κ3) is 5.19. The highest BCUT2D eigenvalue weighted by molar-refractivity contribution is 7.92. The average molecular weight is 451 g/mol. The fourth-order valence-corrected chi connectivity index (χ4v) is 5.08. The van der Waals surface area contributed by atoms with Crippen molar-refractivity contribution in [2.45, 2.75) is 44.9 Å². The number of nitrogens with one attached hydrogen (secondary N) is 1. The van der Waals surface area contributed by atoms with Crippen molar-refractivity contribution in [2.24, 2.45) is 0 Å². The molecule has 0 atom stereocenters. The lowest BCUT2D eigenvalue weighted by atomic mass is 10.0. The van der Waals surface area contributed by atoms with Crippen LogP contribution in [0.5, 0.6) is 0 Å². The topological polar surface area (TPSA) is 66.5 Å². The number of carbonyl (C=O) groups excluding carboxylic acids is 1. The van der Waals surface area contributed by atoms with E-state index in [2.05, 4.69) is 19.2 Å². The molecule has 6 heteroatoms. The van der Waals surface area contributed by atoms with E-state index in [1.807, 2.05) is 50.2 Å². The second-order valence-corrected chi connectivity index (χ2v) is 9.96. The molecule has 3 rings (SSSR count). The lowest BCUT2D eigenvalue weighted by molar-refractivity contribution is -0.114. The summed E-state index contributed by atoms with van der Waals surface area (Å²) in [5, 5.41) is 2.92. The normalized spacial score (nSPS) is 11.4. The van der Waals surface area contributed by atoms with E-state index < -0.39 is 10.0 Å². The number of para-hydroxylation sites is 2. The van der Waals surface area contributed by atoms with Crippen LogP contribution in [0.4, 0.5) is 11.4 Å². The standard InChI is InChI=1S/C26H30N2O3S/c1-5-21-10-6-9-13-25(21)28(32(30,31)22-16-14-20(4)15-17-22)18-26(29)27-24-12-8-7-11-23(24)19(2)3/h6-17,19H,5,18H2,1-4H3,(H,27,29). The molecule has 0 aliphatic rings. The van der Waals surface area contributed by atoms with Crippen molar-refractivity contribution in [3.8, 4) is 0 Å². The molecular formula is C26H30N2O3S. The molecule has 0 radical (unpaired) electrons. The summed E-state index contributed by atoms with van der Waals surface area (Å²) in [6.45, 7) is 7.65. The first kappa shape index (κ1) is 23.5. The van der Waals surface area contributed by atoms with Crippen LogP contribution in [0.1, 0.15) is 43.4 Å². The molecule has 1 amide bonds. The first-order valence-electron chi connectivity index (χ1n) is 10.8. The Bertz CT molecular complexity index is 1190. The molecule has 5 nitrogen and oxygen atoms in total. The highest BCUT2D eigenvalue weighted by Gasteiger charge is 2.28. The van der Waals surface area contributed by atoms with Crippen LogP contribution in [-0.4, -0.2) is 20.9 Å². The van der Waals surface area contributed by atoms with E-state index in [0.29, 0.717) is 17.8 Å². The Morgan fingerprint density at radius 3 is 2.22 bits per heavy atom. The molecular weight excluding hydrogens is 420 g/mol. The SMILES string of the molecule is CCc1ccccc1N(CC(=O)Nc1ccccc1C(C)C)S(=O)(=O)c1ccc(C)cc1. The molecule has 3 aromatic rings. The summed E-state index contributed by atoms with van der Waals surface area (Å²) >= 11 is 0. The molecule has 0 aliphatic carbocycles. The Morgan fingerprint density at radius 1 is 0.938 bits per heavy atom. The fraction of sp³-hybridized carbons (Fsp3) is 0.269. The number of sulfonamides is 1. The lowest BCUT2D eigenvalue weighted by Gasteiger charge is -2.26. The van der Waals surface area contributed by atoms with Gasteiger partial charge >= 0.3 is 0 Å². The van der Waals surface area contributed by atoms with Crippen LogP contribution in [0.3, 0.4) is 0 Å². The van der Waals surface area contributed by atoms with Gasteiger partial charge in [0.25, 0.3) is 10.0 Å². The first-order valence-corrected chi connectivity index (χ1v) is 12.2. The molecule has 168 valence electrons. The Morgan fingerprint density at radius 2 is 1.56 bits per heavy atom. The van der Waals surface area contributed by atoms with Crippen LogP contribution >= 0.6 is 0 Å². The number of hydrogen-bond donors (Lipinski definition) is 1. The van der Waals surface area contributed by atoms with Crippen molar-refractivity contribution in [1.29, 1.82) is 0 Å². The molecule has 32 heavy (non-hydrogen) atoms. The van der Waals surface area contributed by atoms with E-state index >= 15 is 0 Å². The molecule has 1 N–H and O–H groups in total. The van der Waals surface area contributed by atoms with E-state index in [1.54, 1.807) is 36.4 Å². The summed E-state index contributed by atoms with van der Waals surface area (Å²) in [7, 11) is -3.94. The van der Waals surface area contributed by atoms with Crippen molar-refractivity contribution < 1.29 is 13.2 Å². The van der Waals surface area contributed by atoms with Gasteiger partial charge in [0, 0.05) is 5.69 Å².